The van der Waals surface area contributed by atoms with Crippen LogP contribution >= 0.6 is 11.8 Å². The van der Waals surface area contributed by atoms with Crippen LogP contribution < -0.4 is 14.8 Å². The molecule has 1 N–H and O–H groups in total. The molecule has 1 aromatic heterocycles. The van der Waals surface area contributed by atoms with E-state index < -0.39 is 0 Å². The molecule has 0 atom stereocenters. The van der Waals surface area contributed by atoms with Crippen LogP contribution in [0.2, 0.25) is 0 Å². The number of amides is 1. The molecule has 7 nitrogen and oxygen atoms in total. The van der Waals surface area contributed by atoms with E-state index in [1.54, 1.807) is 18.1 Å². The zero-order chi connectivity index (χ0) is 16.1. The number of fused-ring (bicyclic) bond motifs is 1. The van der Waals surface area contributed by atoms with Crippen LogP contribution in [0.4, 0.5) is 0 Å². The number of hydrogen-bond donors (Lipinski definition) is 1. The van der Waals surface area contributed by atoms with Crippen molar-refractivity contribution < 1.29 is 14.3 Å². The monoisotopic (exact) mass is 334 g/mol. The maximum absolute atomic E-state index is 11.9. The second-order valence-electron chi connectivity index (χ2n) is 5.11. The molecule has 1 aliphatic rings. The van der Waals surface area contributed by atoms with Gasteiger partial charge in [-0.2, -0.15) is 0 Å². The molecule has 0 radical (unpaired) electrons. The fraction of sp³-hybridized carbons (Fsp3) is 0.400. The van der Waals surface area contributed by atoms with Gasteiger partial charge < -0.3 is 19.4 Å². The summed E-state index contributed by atoms with van der Waals surface area (Å²) in [6.07, 6.45) is 2.79. The van der Waals surface area contributed by atoms with E-state index in [-0.39, 0.29) is 12.7 Å². The molecule has 1 aliphatic heterocycles. The Morgan fingerprint density at radius 2 is 2.26 bits per heavy atom. The number of hydrogen-bond acceptors (Lipinski definition) is 6. The van der Waals surface area contributed by atoms with Gasteiger partial charge in [0.2, 0.25) is 12.7 Å². The quantitative estimate of drug-likeness (QED) is 0.609. The van der Waals surface area contributed by atoms with Crippen LogP contribution in [-0.2, 0) is 18.3 Å². The molecule has 1 amide bonds. The van der Waals surface area contributed by atoms with E-state index in [4.69, 9.17) is 9.47 Å². The highest BCUT2D eigenvalue weighted by Gasteiger charge is 2.13. The van der Waals surface area contributed by atoms with Crippen molar-refractivity contribution >= 4 is 17.7 Å². The summed E-state index contributed by atoms with van der Waals surface area (Å²) >= 11 is 1.57. The van der Waals surface area contributed by atoms with Crippen molar-refractivity contribution in [3.05, 3.63) is 30.1 Å². The van der Waals surface area contributed by atoms with Gasteiger partial charge in [0.1, 0.15) is 6.33 Å². The smallest absolute Gasteiger partial charge is 0.231 e. The number of rotatable bonds is 7. The van der Waals surface area contributed by atoms with E-state index in [0.717, 1.165) is 28.0 Å². The van der Waals surface area contributed by atoms with Crippen molar-refractivity contribution in [1.29, 1.82) is 0 Å². The lowest BCUT2D eigenvalue weighted by Crippen LogP contribution is -2.26. The second kappa shape index (κ2) is 7.36. The lowest BCUT2D eigenvalue weighted by Gasteiger charge is -2.06. The number of benzene rings is 1. The van der Waals surface area contributed by atoms with Crippen LogP contribution in [-0.4, -0.2) is 39.8 Å². The topological polar surface area (TPSA) is 78.3 Å². The van der Waals surface area contributed by atoms with E-state index in [2.05, 4.69) is 15.5 Å². The van der Waals surface area contributed by atoms with E-state index in [1.165, 1.54) is 0 Å². The Kier molecular flexibility index (Phi) is 5.02. The molecule has 0 fully saturated rings. The minimum Gasteiger partial charge on any atom is -0.454 e. The number of carbonyl (C=O) groups is 1. The number of ether oxygens (including phenoxy) is 2. The highest BCUT2D eigenvalue weighted by molar-refractivity contribution is 7.99. The second-order valence-corrected chi connectivity index (χ2v) is 6.17. The van der Waals surface area contributed by atoms with Crippen LogP contribution in [0, 0.1) is 0 Å². The fourth-order valence-corrected chi connectivity index (χ4v) is 2.92. The normalized spacial score (nSPS) is 12.4. The predicted molar refractivity (Wildman–Crippen MR) is 85.6 cm³/mol. The average Bonchev–Trinajstić information content (AvgIpc) is 3.18. The molecule has 3 rings (SSSR count). The Bertz CT molecular complexity index is 689. The third-order valence-electron chi connectivity index (χ3n) is 3.40. The van der Waals surface area contributed by atoms with Crippen molar-refractivity contribution in [3.63, 3.8) is 0 Å². The van der Waals surface area contributed by atoms with Crippen LogP contribution in [0.25, 0.3) is 0 Å². The van der Waals surface area contributed by atoms with Gasteiger partial charge in [-0.15, -0.1) is 10.2 Å². The largest absolute Gasteiger partial charge is 0.454 e. The van der Waals surface area contributed by atoms with Crippen LogP contribution in [0.1, 0.15) is 12.0 Å². The average molecular weight is 334 g/mol. The molecule has 0 bridgehead atoms. The number of aryl methyl sites for hydroxylation is 2. The Morgan fingerprint density at radius 1 is 1.39 bits per heavy atom. The molecular weight excluding hydrogens is 316 g/mol. The predicted octanol–water partition coefficient (Wildman–Crippen LogP) is 1.38. The highest BCUT2D eigenvalue weighted by Crippen LogP contribution is 2.32. The third kappa shape index (κ3) is 4.16. The summed E-state index contributed by atoms with van der Waals surface area (Å²) in [6, 6.07) is 5.78. The summed E-state index contributed by atoms with van der Waals surface area (Å²) in [5.74, 6) is 2.32. The van der Waals surface area contributed by atoms with E-state index >= 15 is 0 Å². The van der Waals surface area contributed by atoms with E-state index in [0.29, 0.717) is 19.4 Å². The van der Waals surface area contributed by atoms with Crippen LogP contribution in [0.3, 0.4) is 0 Å². The van der Waals surface area contributed by atoms with Gasteiger partial charge in [0.15, 0.2) is 16.7 Å². The van der Waals surface area contributed by atoms with Gasteiger partial charge in [-0.25, -0.2) is 0 Å². The summed E-state index contributed by atoms with van der Waals surface area (Å²) in [5, 5.41) is 11.5. The van der Waals surface area contributed by atoms with Crippen molar-refractivity contribution in [1.82, 2.24) is 20.1 Å². The van der Waals surface area contributed by atoms with Crippen molar-refractivity contribution in [2.24, 2.45) is 7.05 Å². The molecule has 0 unspecified atom stereocenters. The molecule has 0 saturated heterocycles. The summed E-state index contributed by atoms with van der Waals surface area (Å²) in [7, 11) is 1.90. The van der Waals surface area contributed by atoms with Crippen molar-refractivity contribution in [3.8, 4) is 11.5 Å². The highest BCUT2D eigenvalue weighted by atomic mass is 32.2. The molecule has 0 saturated carbocycles. The molecule has 2 aromatic rings. The van der Waals surface area contributed by atoms with Gasteiger partial charge in [0.05, 0.1) is 0 Å². The number of nitrogens with zero attached hydrogens (tertiary/aromatic N) is 3. The first-order valence-electron chi connectivity index (χ1n) is 7.34. The van der Waals surface area contributed by atoms with E-state index in [9.17, 15) is 4.79 Å². The van der Waals surface area contributed by atoms with Gasteiger partial charge in [-0.3, -0.25) is 4.79 Å². The first-order chi connectivity index (χ1) is 11.2. The SMILES string of the molecule is Cn1cnnc1SCCNC(=O)CCc1ccc2c(c1)OCO2. The summed E-state index contributed by atoms with van der Waals surface area (Å²) in [5.41, 5.74) is 1.07. The first kappa shape index (κ1) is 15.7. The maximum Gasteiger partial charge on any atom is 0.231 e. The van der Waals surface area contributed by atoms with Gasteiger partial charge in [-0.05, 0) is 24.1 Å². The Balaban J connectivity index is 1.36. The zero-order valence-corrected chi connectivity index (χ0v) is 13.6. The van der Waals surface area contributed by atoms with Gasteiger partial charge in [0, 0.05) is 25.8 Å². The molecule has 1 aromatic carbocycles. The number of aromatic nitrogens is 3. The fourth-order valence-electron chi connectivity index (χ4n) is 2.18. The Hall–Kier alpha value is -2.22. The lowest BCUT2D eigenvalue weighted by atomic mass is 10.1. The van der Waals surface area contributed by atoms with Gasteiger partial charge in [0.25, 0.3) is 0 Å². The summed E-state index contributed by atoms with van der Waals surface area (Å²) in [4.78, 5) is 11.9. The van der Waals surface area contributed by atoms with E-state index in [1.807, 2.05) is 29.8 Å². The van der Waals surface area contributed by atoms with Gasteiger partial charge in [-0.1, -0.05) is 17.8 Å². The standard InChI is InChI=1S/C15H18N4O3S/c1-19-9-17-18-15(19)23-7-6-16-14(20)5-3-11-2-4-12-13(8-11)22-10-21-12/h2,4,8-9H,3,5-7,10H2,1H3,(H,16,20). The molecule has 0 aliphatic carbocycles. The van der Waals surface area contributed by atoms with Crippen LogP contribution in [0.5, 0.6) is 11.5 Å². The van der Waals surface area contributed by atoms with Crippen molar-refractivity contribution in [2.45, 2.75) is 18.0 Å². The molecule has 122 valence electrons. The molecule has 8 heteroatoms. The number of carbonyl (C=O) groups excluding carboxylic acids is 1. The van der Waals surface area contributed by atoms with Crippen LogP contribution in [0.15, 0.2) is 29.7 Å². The molecule has 23 heavy (non-hydrogen) atoms. The minimum absolute atomic E-state index is 0.0428. The van der Waals surface area contributed by atoms with Gasteiger partial charge >= 0.3 is 0 Å². The van der Waals surface area contributed by atoms with Crippen molar-refractivity contribution in [2.75, 3.05) is 19.1 Å². The Labute approximate surface area is 138 Å². The molecular formula is C15H18N4O3S. The minimum atomic E-state index is 0.0428. The summed E-state index contributed by atoms with van der Waals surface area (Å²) < 4.78 is 12.5. The number of nitrogens with one attached hydrogen (secondary N) is 1. The maximum atomic E-state index is 11.9. The third-order valence-corrected chi connectivity index (χ3v) is 4.44. The number of thioether (sulfide) groups is 1. The summed E-state index contributed by atoms with van der Waals surface area (Å²) in [6.45, 7) is 0.875. The first-order valence-corrected chi connectivity index (χ1v) is 8.33. The molecule has 2 heterocycles. The Morgan fingerprint density at radius 3 is 3.09 bits per heavy atom. The molecule has 0 spiro atoms. The zero-order valence-electron chi connectivity index (χ0n) is 12.8. The lowest BCUT2D eigenvalue weighted by molar-refractivity contribution is -0.120.